The van der Waals surface area contributed by atoms with E-state index in [4.69, 9.17) is 9.47 Å². The molecule has 262 valence electrons. The Hall–Kier alpha value is -3.21. The number of alkyl halides is 3. The number of aliphatic hydroxyl groups excluding tert-OH is 1. The Morgan fingerprint density at radius 3 is 2.60 bits per heavy atom. The summed E-state index contributed by atoms with van der Waals surface area (Å²) in [5.41, 5.74) is -0.432. The number of carbonyl (C=O) groups excluding carboxylic acids is 2. The normalized spacial score (nSPS) is 28.0. The van der Waals surface area contributed by atoms with E-state index in [0.717, 1.165) is 30.5 Å². The van der Waals surface area contributed by atoms with Crippen LogP contribution in [0.15, 0.2) is 54.1 Å². The molecule has 0 spiro atoms. The zero-order valence-corrected chi connectivity index (χ0v) is 28.2. The molecule has 4 aliphatic rings. The summed E-state index contributed by atoms with van der Waals surface area (Å²) in [5, 5.41) is 23.5. The first kappa shape index (κ1) is 36.1. The highest BCUT2D eigenvalue weighted by atomic mass is 19.4. The molecule has 0 unspecified atom stereocenters. The second kappa shape index (κ2) is 14.7. The largest absolute Gasteiger partial charge is 0.450 e. The molecule has 0 aromatic heterocycles. The molecule has 1 amide bonds. The maximum Gasteiger partial charge on any atom is 0.416 e. The maximum atomic E-state index is 14.2. The van der Waals surface area contributed by atoms with Gasteiger partial charge in [0, 0.05) is 23.1 Å². The molecule has 2 aromatic carbocycles. The van der Waals surface area contributed by atoms with Gasteiger partial charge in [-0.3, -0.25) is 4.79 Å². The first-order valence-corrected chi connectivity index (χ1v) is 17.2. The number of carbonyl (C=O) groups is 2. The number of halogens is 3. The van der Waals surface area contributed by atoms with Crippen LogP contribution < -0.4 is 0 Å². The number of nitrogens with zero attached hydrogens (tertiary/aromatic N) is 1. The van der Waals surface area contributed by atoms with Crippen molar-refractivity contribution in [2.75, 3.05) is 26.3 Å². The standard InChI is InChI=1S/C38H48F3NO6/c1-4-47-35(45)42(23-30-11-7-19-48-30)24-37(46)18-16-33-31-15-13-26(20-29(43)14-12-25(2)8-6-17-36(33,37)3)21-32(31)34(44)27-9-5-10-28(22-27)38(39,40)41/h5,8-10,13,15,21-22,29-30,33,43,46H,4,6-7,11-12,14,16-20,23-24H2,1-3H3/t29-,30+,33-,36-,37+/m0/s1. The lowest BCUT2D eigenvalue weighted by molar-refractivity contribution is -0.137. The molecule has 2 fully saturated rings. The zero-order valence-electron chi connectivity index (χ0n) is 28.2. The fourth-order valence-corrected chi connectivity index (χ4v) is 7.96. The SMILES string of the molecule is CCOC(=O)N(C[C@H]1CCCO1)C[C@]1(O)CC[C@H]2c3ccc(cc3C(=O)c3cccc(C(F)(F)F)c3)C[C@@H](O)CCC(C)=CCC[C@@]21C. The molecule has 1 aliphatic heterocycles. The molecule has 1 saturated heterocycles. The van der Waals surface area contributed by atoms with Gasteiger partial charge in [0.2, 0.25) is 0 Å². The first-order chi connectivity index (χ1) is 22.7. The lowest BCUT2D eigenvalue weighted by Crippen LogP contribution is -2.55. The van der Waals surface area contributed by atoms with Crippen molar-refractivity contribution < 1.29 is 42.4 Å². The third-order valence-corrected chi connectivity index (χ3v) is 10.8. The van der Waals surface area contributed by atoms with Gasteiger partial charge in [0.15, 0.2) is 5.78 Å². The van der Waals surface area contributed by atoms with E-state index < -0.39 is 40.7 Å². The van der Waals surface area contributed by atoms with Gasteiger partial charge in [-0.15, -0.1) is 0 Å². The van der Waals surface area contributed by atoms with Crippen molar-refractivity contribution in [1.82, 2.24) is 4.90 Å². The quantitative estimate of drug-likeness (QED) is 0.232. The summed E-state index contributed by atoms with van der Waals surface area (Å²) < 4.78 is 52.2. The smallest absolute Gasteiger partial charge is 0.416 e. The monoisotopic (exact) mass is 671 g/mol. The van der Waals surface area contributed by atoms with E-state index in [1.54, 1.807) is 17.9 Å². The Morgan fingerprint density at radius 1 is 1.10 bits per heavy atom. The van der Waals surface area contributed by atoms with Gasteiger partial charge in [0.25, 0.3) is 0 Å². The van der Waals surface area contributed by atoms with Crippen molar-refractivity contribution in [3.63, 3.8) is 0 Å². The van der Waals surface area contributed by atoms with Crippen molar-refractivity contribution in [2.24, 2.45) is 5.41 Å². The van der Waals surface area contributed by atoms with Crippen LogP contribution in [0.5, 0.6) is 0 Å². The van der Waals surface area contributed by atoms with Crippen molar-refractivity contribution in [1.29, 1.82) is 0 Å². The van der Waals surface area contributed by atoms with Gasteiger partial charge < -0.3 is 24.6 Å². The second-order valence-electron chi connectivity index (χ2n) is 14.1. The third-order valence-electron chi connectivity index (χ3n) is 10.8. The van der Waals surface area contributed by atoms with Crippen molar-refractivity contribution in [3.05, 3.63) is 81.9 Å². The minimum Gasteiger partial charge on any atom is -0.450 e. The van der Waals surface area contributed by atoms with E-state index in [2.05, 4.69) is 6.08 Å². The Labute approximate surface area is 281 Å². The molecule has 0 radical (unpaired) electrons. The Bertz CT molecular complexity index is 1500. The number of benzene rings is 2. The molecular weight excluding hydrogens is 623 g/mol. The lowest BCUT2D eigenvalue weighted by Gasteiger charge is -2.46. The van der Waals surface area contributed by atoms with Crippen molar-refractivity contribution in [2.45, 2.75) is 108 Å². The van der Waals surface area contributed by atoms with E-state index in [-0.39, 0.29) is 42.8 Å². The number of allylic oxidation sites excluding steroid dienone is 2. The van der Waals surface area contributed by atoms with Crippen LogP contribution in [-0.2, 0) is 22.1 Å². The minimum atomic E-state index is -4.61. The van der Waals surface area contributed by atoms with Gasteiger partial charge in [-0.1, -0.05) is 42.8 Å². The number of ether oxygens (including phenoxy) is 2. The summed E-state index contributed by atoms with van der Waals surface area (Å²) in [4.78, 5) is 29.0. The van der Waals surface area contributed by atoms with Crippen LogP contribution in [0, 0.1) is 5.41 Å². The van der Waals surface area contributed by atoms with E-state index >= 15 is 0 Å². The molecule has 1 heterocycles. The average molecular weight is 672 g/mol. The summed E-state index contributed by atoms with van der Waals surface area (Å²) in [6.07, 6.45) is 1.37. The second-order valence-corrected chi connectivity index (χ2v) is 14.1. The molecule has 1 saturated carbocycles. The van der Waals surface area contributed by atoms with Gasteiger partial charge in [0.05, 0.1) is 43.1 Å². The minimum absolute atomic E-state index is 0.0164. The van der Waals surface area contributed by atoms with Crippen LogP contribution in [0.4, 0.5) is 18.0 Å². The summed E-state index contributed by atoms with van der Waals surface area (Å²) in [6.45, 7) is 6.88. The molecule has 10 heteroatoms. The van der Waals surface area contributed by atoms with Gasteiger partial charge in [-0.25, -0.2) is 4.79 Å². The molecule has 2 N–H and O–H groups in total. The summed E-state index contributed by atoms with van der Waals surface area (Å²) in [7, 11) is 0. The number of ketones is 1. The van der Waals surface area contributed by atoms with Crippen LogP contribution >= 0.6 is 0 Å². The summed E-state index contributed by atoms with van der Waals surface area (Å²) in [6, 6.07) is 9.87. The first-order valence-electron chi connectivity index (χ1n) is 17.2. The number of fused-ring (bicyclic) bond motifs is 8. The topological polar surface area (TPSA) is 96.3 Å². The van der Waals surface area contributed by atoms with E-state index in [0.29, 0.717) is 62.7 Å². The fraction of sp³-hybridized carbons (Fsp3) is 0.579. The zero-order chi connectivity index (χ0) is 34.7. The van der Waals surface area contributed by atoms with Crippen LogP contribution in [0.25, 0.3) is 0 Å². The molecule has 5 atom stereocenters. The molecule has 2 aromatic rings. The van der Waals surface area contributed by atoms with Crippen LogP contribution in [0.1, 0.15) is 111 Å². The van der Waals surface area contributed by atoms with Gasteiger partial charge in [-0.2, -0.15) is 13.2 Å². The van der Waals surface area contributed by atoms with Gasteiger partial charge in [0.1, 0.15) is 0 Å². The van der Waals surface area contributed by atoms with E-state index in [1.807, 2.05) is 26.0 Å². The molecule has 2 bridgehead atoms. The van der Waals surface area contributed by atoms with Crippen LogP contribution in [-0.4, -0.2) is 71.1 Å². The highest BCUT2D eigenvalue weighted by molar-refractivity contribution is 6.10. The van der Waals surface area contributed by atoms with E-state index in [1.165, 1.54) is 12.1 Å². The molecule has 7 nitrogen and oxygen atoms in total. The molecular formula is C38H48F3NO6. The predicted molar refractivity (Wildman–Crippen MR) is 176 cm³/mol. The highest BCUT2D eigenvalue weighted by Gasteiger charge is 2.58. The lowest BCUT2D eigenvalue weighted by atomic mass is 9.64. The molecule has 3 aliphatic carbocycles. The van der Waals surface area contributed by atoms with Crippen molar-refractivity contribution in [3.8, 4) is 0 Å². The number of aliphatic hydroxyl groups is 2. The van der Waals surface area contributed by atoms with Crippen LogP contribution in [0.2, 0.25) is 0 Å². The third kappa shape index (κ3) is 7.81. The van der Waals surface area contributed by atoms with Crippen molar-refractivity contribution >= 4 is 11.9 Å². The fourth-order valence-electron chi connectivity index (χ4n) is 7.96. The van der Waals surface area contributed by atoms with Crippen LogP contribution in [0.3, 0.4) is 0 Å². The summed E-state index contributed by atoms with van der Waals surface area (Å²) in [5.74, 6) is -0.894. The molecule has 48 heavy (non-hydrogen) atoms. The Kier molecular flexibility index (Phi) is 11.1. The Morgan fingerprint density at radius 2 is 1.90 bits per heavy atom. The van der Waals surface area contributed by atoms with Gasteiger partial charge >= 0.3 is 12.3 Å². The van der Waals surface area contributed by atoms with E-state index in [9.17, 15) is 33.0 Å². The maximum absolute atomic E-state index is 14.2. The Balaban J connectivity index is 1.59. The predicted octanol–water partition coefficient (Wildman–Crippen LogP) is 7.61. The number of amides is 1. The highest BCUT2D eigenvalue weighted by Crippen LogP contribution is 2.59. The number of hydrogen-bond donors (Lipinski definition) is 2. The summed E-state index contributed by atoms with van der Waals surface area (Å²) >= 11 is 0. The molecule has 6 rings (SSSR count). The van der Waals surface area contributed by atoms with Gasteiger partial charge in [-0.05, 0) is 107 Å². The average Bonchev–Trinajstić information content (AvgIpc) is 3.64. The number of hydrogen-bond acceptors (Lipinski definition) is 6. The number of rotatable bonds is 7.